The molecule has 0 unspecified atom stereocenters. The third-order valence-electron chi connectivity index (χ3n) is 3.45. The summed E-state index contributed by atoms with van der Waals surface area (Å²) < 4.78 is 5.49. The van der Waals surface area contributed by atoms with E-state index < -0.39 is 5.41 Å². The van der Waals surface area contributed by atoms with E-state index in [2.05, 4.69) is 0 Å². The normalized spacial score (nSPS) is 11.4. The average molecular weight is 268 g/mol. The van der Waals surface area contributed by atoms with Crippen molar-refractivity contribution < 1.29 is 9.53 Å². The largest absolute Gasteiger partial charge is 0.462 e. The number of benzene rings is 2. The van der Waals surface area contributed by atoms with E-state index in [4.69, 9.17) is 4.74 Å². The van der Waals surface area contributed by atoms with Gasteiger partial charge in [0.2, 0.25) is 0 Å². The van der Waals surface area contributed by atoms with Gasteiger partial charge in [-0.3, -0.25) is 4.79 Å². The van der Waals surface area contributed by atoms with E-state index in [0.29, 0.717) is 0 Å². The Kier molecular flexibility index (Phi) is 4.23. The number of ether oxygens (including phenoxy) is 1. The summed E-state index contributed by atoms with van der Waals surface area (Å²) in [6.45, 7) is 5.66. The van der Waals surface area contributed by atoms with Gasteiger partial charge in [-0.05, 0) is 31.9 Å². The first-order chi connectivity index (χ1) is 9.55. The molecule has 2 rings (SSSR count). The Balaban J connectivity index is 2.52. The topological polar surface area (TPSA) is 26.3 Å². The lowest BCUT2D eigenvalue weighted by atomic mass is 9.76. The van der Waals surface area contributed by atoms with Crippen LogP contribution in [-0.4, -0.2) is 12.1 Å². The smallest absolute Gasteiger partial charge is 0.321 e. The van der Waals surface area contributed by atoms with Crippen molar-refractivity contribution in [1.29, 1.82) is 0 Å². The van der Waals surface area contributed by atoms with Gasteiger partial charge in [-0.1, -0.05) is 60.7 Å². The van der Waals surface area contributed by atoms with Gasteiger partial charge in [0, 0.05) is 0 Å². The van der Waals surface area contributed by atoms with E-state index in [0.717, 1.165) is 11.1 Å². The summed E-state index contributed by atoms with van der Waals surface area (Å²) in [5, 5.41) is 0. The minimum absolute atomic E-state index is 0.130. The van der Waals surface area contributed by atoms with Gasteiger partial charge in [-0.15, -0.1) is 0 Å². The van der Waals surface area contributed by atoms with Crippen LogP contribution in [0.3, 0.4) is 0 Å². The van der Waals surface area contributed by atoms with Gasteiger partial charge >= 0.3 is 5.97 Å². The van der Waals surface area contributed by atoms with Crippen LogP contribution in [-0.2, 0) is 14.9 Å². The van der Waals surface area contributed by atoms with E-state index in [1.807, 2.05) is 81.4 Å². The lowest BCUT2D eigenvalue weighted by Gasteiger charge is -2.29. The number of carbonyl (C=O) groups excluding carboxylic acids is 1. The lowest BCUT2D eigenvalue weighted by molar-refractivity contribution is -0.152. The third-order valence-corrected chi connectivity index (χ3v) is 3.45. The van der Waals surface area contributed by atoms with Crippen LogP contribution in [0.4, 0.5) is 0 Å². The van der Waals surface area contributed by atoms with Crippen molar-refractivity contribution in [2.45, 2.75) is 32.3 Å². The zero-order valence-corrected chi connectivity index (χ0v) is 12.2. The third kappa shape index (κ3) is 2.74. The Hall–Kier alpha value is -2.09. The molecule has 0 aliphatic rings. The molecule has 0 aliphatic carbocycles. The molecule has 0 saturated carbocycles. The Bertz CT molecular complexity index is 519. The van der Waals surface area contributed by atoms with E-state index in [9.17, 15) is 4.79 Å². The second-order valence-corrected chi connectivity index (χ2v) is 5.31. The first kappa shape index (κ1) is 14.3. The van der Waals surface area contributed by atoms with Gasteiger partial charge < -0.3 is 4.74 Å². The fourth-order valence-corrected chi connectivity index (χ4v) is 2.28. The highest BCUT2D eigenvalue weighted by Crippen LogP contribution is 2.33. The maximum atomic E-state index is 12.7. The van der Waals surface area contributed by atoms with Crippen molar-refractivity contribution in [2.75, 3.05) is 0 Å². The maximum Gasteiger partial charge on any atom is 0.321 e. The summed E-state index contributed by atoms with van der Waals surface area (Å²) >= 11 is 0. The van der Waals surface area contributed by atoms with E-state index in [1.54, 1.807) is 0 Å². The Morgan fingerprint density at radius 2 is 1.30 bits per heavy atom. The van der Waals surface area contributed by atoms with Crippen molar-refractivity contribution in [2.24, 2.45) is 0 Å². The molecule has 2 aromatic rings. The Morgan fingerprint density at radius 3 is 1.65 bits per heavy atom. The van der Waals surface area contributed by atoms with Crippen molar-refractivity contribution in [3.05, 3.63) is 71.8 Å². The molecule has 2 aromatic carbocycles. The van der Waals surface area contributed by atoms with Crippen LogP contribution in [0.1, 0.15) is 31.9 Å². The molecule has 0 heterocycles. The van der Waals surface area contributed by atoms with Gasteiger partial charge in [0.05, 0.1) is 6.10 Å². The number of carbonyl (C=O) groups is 1. The molecular weight excluding hydrogens is 248 g/mol. The minimum atomic E-state index is -0.785. The zero-order valence-electron chi connectivity index (χ0n) is 12.2. The molecule has 0 saturated heterocycles. The van der Waals surface area contributed by atoms with Crippen LogP contribution in [0, 0.1) is 0 Å². The molecule has 0 fully saturated rings. The van der Waals surface area contributed by atoms with Crippen LogP contribution in [0.25, 0.3) is 0 Å². The highest BCUT2D eigenvalue weighted by atomic mass is 16.5. The van der Waals surface area contributed by atoms with E-state index in [1.165, 1.54) is 0 Å². The molecule has 104 valence electrons. The van der Waals surface area contributed by atoms with Crippen molar-refractivity contribution in [3.63, 3.8) is 0 Å². The predicted molar refractivity (Wildman–Crippen MR) is 80.6 cm³/mol. The monoisotopic (exact) mass is 268 g/mol. The number of esters is 1. The quantitative estimate of drug-likeness (QED) is 0.785. The van der Waals surface area contributed by atoms with Gasteiger partial charge in [0.15, 0.2) is 0 Å². The molecule has 20 heavy (non-hydrogen) atoms. The van der Waals surface area contributed by atoms with E-state index in [-0.39, 0.29) is 12.1 Å². The number of rotatable bonds is 4. The SMILES string of the molecule is CC(C)OC(=O)C(C)(c1ccccc1)c1ccccc1. The maximum absolute atomic E-state index is 12.7. The second-order valence-electron chi connectivity index (χ2n) is 5.31. The zero-order chi connectivity index (χ0) is 14.6. The Morgan fingerprint density at radius 1 is 0.900 bits per heavy atom. The highest BCUT2D eigenvalue weighted by Gasteiger charge is 2.38. The molecule has 0 amide bonds. The minimum Gasteiger partial charge on any atom is -0.462 e. The molecule has 2 heteroatoms. The molecular formula is C18H20O2. The molecule has 0 aromatic heterocycles. The summed E-state index contributed by atoms with van der Waals surface area (Å²) in [5.41, 5.74) is 1.10. The fraction of sp³-hybridized carbons (Fsp3) is 0.278. The van der Waals surface area contributed by atoms with Gasteiger partial charge in [0.1, 0.15) is 5.41 Å². The van der Waals surface area contributed by atoms with Gasteiger partial charge in [-0.25, -0.2) is 0 Å². The highest BCUT2D eigenvalue weighted by molar-refractivity contribution is 5.87. The summed E-state index contributed by atoms with van der Waals surface area (Å²) in [5.74, 6) is -0.218. The molecule has 0 atom stereocenters. The molecule has 0 N–H and O–H groups in total. The molecule has 0 bridgehead atoms. The summed E-state index contributed by atoms with van der Waals surface area (Å²) in [7, 11) is 0. The Labute approximate surface area is 120 Å². The van der Waals surface area contributed by atoms with Crippen molar-refractivity contribution >= 4 is 5.97 Å². The van der Waals surface area contributed by atoms with E-state index >= 15 is 0 Å². The first-order valence-electron chi connectivity index (χ1n) is 6.87. The van der Waals surface area contributed by atoms with Crippen molar-refractivity contribution in [3.8, 4) is 0 Å². The fourth-order valence-electron chi connectivity index (χ4n) is 2.28. The lowest BCUT2D eigenvalue weighted by Crippen LogP contribution is -2.37. The summed E-state index contributed by atoms with van der Waals surface area (Å²) in [6.07, 6.45) is -0.130. The standard InChI is InChI=1S/C18H20O2/c1-14(2)20-17(19)18(3,15-10-6-4-7-11-15)16-12-8-5-9-13-16/h4-14H,1-3H3. The van der Waals surface area contributed by atoms with Crippen LogP contribution in [0.5, 0.6) is 0 Å². The van der Waals surface area contributed by atoms with Crippen LogP contribution in [0.2, 0.25) is 0 Å². The number of hydrogen-bond acceptors (Lipinski definition) is 2. The molecule has 0 spiro atoms. The van der Waals surface area contributed by atoms with Crippen molar-refractivity contribution in [1.82, 2.24) is 0 Å². The molecule has 0 radical (unpaired) electrons. The van der Waals surface area contributed by atoms with Gasteiger partial charge in [-0.2, -0.15) is 0 Å². The average Bonchev–Trinajstić information content (AvgIpc) is 2.47. The van der Waals surface area contributed by atoms with Crippen LogP contribution < -0.4 is 0 Å². The number of hydrogen-bond donors (Lipinski definition) is 0. The predicted octanol–water partition coefficient (Wildman–Crippen LogP) is 3.94. The second kappa shape index (κ2) is 5.91. The van der Waals surface area contributed by atoms with Crippen LogP contribution in [0.15, 0.2) is 60.7 Å². The van der Waals surface area contributed by atoms with Crippen LogP contribution >= 0.6 is 0 Å². The molecule has 0 aliphatic heterocycles. The summed E-state index contributed by atoms with van der Waals surface area (Å²) in [4.78, 5) is 12.7. The molecule has 2 nitrogen and oxygen atoms in total. The summed E-state index contributed by atoms with van der Waals surface area (Å²) in [6, 6.07) is 19.5. The van der Waals surface area contributed by atoms with Gasteiger partial charge in [0.25, 0.3) is 0 Å². The first-order valence-corrected chi connectivity index (χ1v) is 6.87.